The second kappa shape index (κ2) is 6.66. The molecule has 2 heterocycles. The lowest BCUT2D eigenvalue weighted by molar-refractivity contribution is 0.146. The first-order valence-corrected chi connectivity index (χ1v) is 7.81. The Morgan fingerprint density at radius 2 is 1.76 bits per heavy atom. The van der Waals surface area contributed by atoms with Crippen LogP contribution in [0.4, 0.5) is 19.0 Å². The summed E-state index contributed by atoms with van der Waals surface area (Å²) in [5, 5.41) is 12.9. The average molecular weight is 346 g/mol. The van der Waals surface area contributed by atoms with Gasteiger partial charge in [0.25, 0.3) is 6.43 Å². The van der Waals surface area contributed by atoms with Gasteiger partial charge in [-0.15, -0.1) is 5.10 Å². The summed E-state index contributed by atoms with van der Waals surface area (Å²) in [7, 11) is 0. The number of alkyl halides is 2. The number of hydrogen-bond donors (Lipinski definition) is 1. The zero-order valence-corrected chi connectivity index (χ0v) is 14.0. The Morgan fingerprint density at radius 1 is 1.04 bits per heavy atom. The van der Waals surface area contributed by atoms with Gasteiger partial charge in [-0.3, -0.25) is 4.98 Å². The maximum absolute atomic E-state index is 14.4. The van der Waals surface area contributed by atoms with E-state index in [9.17, 15) is 13.2 Å². The number of nitrogens with zero attached hydrogens (tertiary/aromatic N) is 3. The number of benzene rings is 1. The molecule has 0 aliphatic heterocycles. The molecule has 0 aliphatic carbocycles. The summed E-state index contributed by atoms with van der Waals surface area (Å²) in [6.07, 6.45) is -1.15. The highest BCUT2D eigenvalue weighted by atomic mass is 19.3. The smallest absolute Gasteiger partial charge is 0.266 e. The number of halogens is 3. The van der Waals surface area contributed by atoms with E-state index >= 15 is 0 Å². The summed E-state index contributed by atoms with van der Waals surface area (Å²) in [5.41, 5.74) is 1.08. The number of anilines is 1. The van der Waals surface area contributed by atoms with Crippen LogP contribution in [0.3, 0.4) is 0 Å². The highest BCUT2D eigenvalue weighted by Crippen LogP contribution is 2.30. The fraction of sp³-hybridized carbons (Fsp3) is 0.278. The molecule has 25 heavy (non-hydrogen) atoms. The van der Waals surface area contributed by atoms with Gasteiger partial charge in [0, 0.05) is 28.2 Å². The van der Waals surface area contributed by atoms with Gasteiger partial charge in [-0.1, -0.05) is 18.2 Å². The minimum atomic E-state index is -2.86. The third-order valence-electron chi connectivity index (χ3n) is 4.10. The number of hydrogen-bond acceptors (Lipinski definition) is 4. The normalized spacial score (nSPS) is 12.6. The predicted molar refractivity (Wildman–Crippen MR) is 90.2 cm³/mol. The average Bonchev–Trinajstić information content (AvgIpc) is 2.57. The van der Waals surface area contributed by atoms with Crippen LogP contribution in [0.1, 0.15) is 41.9 Å². The van der Waals surface area contributed by atoms with Gasteiger partial charge in [-0.05, 0) is 26.8 Å². The Labute approximate surface area is 143 Å². The highest BCUT2D eigenvalue weighted by molar-refractivity contribution is 5.92. The number of nitrogens with one attached hydrogen (secondary N) is 1. The Morgan fingerprint density at radius 3 is 2.48 bits per heavy atom. The van der Waals surface area contributed by atoms with E-state index in [1.54, 1.807) is 13.1 Å². The molecule has 0 saturated carbocycles. The monoisotopic (exact) mass is 346 g/mol. The number of aromatic nitrogens is 3. The minimum Gasteiger partial charge on any atom is -0.361 e. The van der Waals surface area contributed by atoms with Gasteiger partial charge in [-0.25, -0.2) is 13.2 Å². The van der Waals surface area contributed by atoms with E-state index in [0.717, 1.165) is 28.2 Å². The molecule has 1 N–H and O–H groups in total. The van der Waals surface area contributed by atoms with Crippen molar-refractivity contribution in [3.63, 3.8) is 0 Å². The van der Waals surface area contributed by atoms with Crippen molar-refractivity contribution in [2.24, 2.45) is 0 Å². The third-order valence-corrected chi connectivity index (χ3v) is 4.10. The predicted octanol–water partition coefficient (Wildman–Crippen LogP) is 4.89. The first kappa shape index (κ1) is 17.1. The van der Waals surface area contributed by atoms with Crippen LogP contribution in [0, 0.1) is 19.7 Å². The van der Waals surface area contributed by atoms with Gasteiger partial charge in [0.05, 0.1) is 17.3 Å². The van der Waals surface area contributed by atoms with Crippen LogP contribution in [0.2, 0.25) is 0 Å². The molecule has 3 aromatic rings. The van der Waals surface area contributed by atoms with Gasteiger partial charge < -0.3 is 5.32 Å². The molecule has 1 aromatic carbocycles. The van der Waals surface area contributed by atoms with Crippen LogP contribution < -0.4 is 5.32 Å². The minimum absolute atomic E-state index is 0.152. The maximum atomic E-state index is 14.4. The second-order valence-electron chi connectivity index (χ2n) is 5.92. The van der Waals surface area contributed by atoms with E-state index in [2.05, 4.69) is 20.5 Å². The largest absolute Gasteiger partial charge is 0.361 e. The number of pyridine rings is 1. The standard InChI is InChI=1S/C18H17F3N4/c1-9-7-14-15(8-22-9)11(3)24-25-18(14)23-10(2)12-5-4-6-13(16(12)19)17(20)21/h4-8,10,17H,1-3H3,(H,23,25). The summed E-state index contributed by atoms with van der Waals surface area (Å²) in [5.74, 6) is -0.444. The van der Waals surface area contributed by atoms with Crippen molar-refractivity contribution in [3.05, 3.63) is 58.8 Å². The van der Waals surface area contributed by atoms with E-state index in [1.807, 2.05) is 19.9 Å². The molecule has 1 unspecified atom stereocenters. The quantitative estimate of drug-likeness (QED) is 0.731. The summed E-state index contributed by atoms with van der Waals surface area (Å²) >= 11 is 0. The van der Waals surface area contributed by atoms with E-state index in [4.69, 9.17) is 0 Å². The molecule has 0 radical (unpaired) electrons. The Bertz CT molecular complexity index is 928. The van der Waals surface area contributed by atoms with E-state index in [1.165, 1.54) is 12.1 Å². The molecule has 0 aliphatic rings. The molecule has 0 spiro atoms. The van der Waals surface area contributed by atoms with Crippen molar-refractivity contribution >= 4 is 16.6 Å². The molecule has 0 amide bonds. The molecule has 4 nitrogen and oxygen atoms in total. The number of rotatable bonds is 4. The van der Waals surface area contributed by atoms with Crippen LogP contribution >= 0.6 is 0 Å². The summed E-state index contributed by atoms with van der Waals surface area (Å²) in [6, 6.07) is 5.29. The molecular formula is C18H17F3N4. The summed E-state index contributed by atoms with van der Waals surface area (Å²) in [6.45, 7) is 5.37. The number of aryl methyl sites for hydroxylation is 2. The third kappa shape index (κ3) is 3.26. The topological polar surface area (TPSA) is 50.7 Å². The Balaban J connectivity index is 2.01. The van der Waals surface area contributed by atoms with Crippen LogP contribution in [0.25, 0.3) is 10.8 Å². The lowest BCUT2D eigenvalue weighted by Crippen LogP contribution is -2.12. The van der Waals surface area contributed by atoms with Crippen LogP contribution in [-0.4, -0.2) is 15.2 Å². The number of fused-ring (bicyclic) bond motifs is 1. The molecule has 7 heteroatoms. The van der Waals surface area contributed by atoms with Crippen molar-refractivity contribution in [1.82, 2.24) is 15.2 Å². The van der Waals surface area contributed by atoms with Crippen molar-refractivity contribution in [2.75, 3.05) is 5.32 Å². The van der Waals surface area contributed by atoms with Crippen LogP contribution in [0.5, 0.6) is 0 Å². The fourth-order valence-electron chi connectivity index (χ4n) is 2.74. The lowest BCUT2D eigenvalue weighted by atomic mass is 10.0. The van der Waals surface area contributed by atoms with Crippen LogP contribution in [-0.2, 0) is 0 Å². The van der Waals surface area contributed by atoms with Crippen LogP contribution in [0.15, 0.2) is 30.5 Å². The Hall–Kier alpha value is -2.70. The van der Waals surface area contributed by atoms with Crippen molar-refractivity contribution in [1.29, 1.82) is 0 Å². The first-order chi connectivity index (χ1) is 11.9. The SMILES string of the molecule is Cc1cc2c(NC(C)c3cccc(C(F)F)c3F)nnc(C)c2cn1. The summed E-state index contributed by atoms with van der Waals surface area (Å²) in [4.78, 5) is 4.25. The summed E-state index contributed by atoms with van der Waals surface area (Å²) < 4.78 is 40.2. The molecule has 0 bridgehead atoms. The molecule has 3 rings (SSSR count). The van der Waals surface area contributed by atoms with Gasteiger partial charge in [0.1, 0.15) is 5.82 Å². The van der Waals surface area contributed by atoms with Gasteiger partial charge >= 0.3 is 0 Å². The molecule has 0 saturated heterocycles. The van der Waals surface area contributed by atoms with Crippen molar-refractivity contribution < 1.29 is 13.2 Å². The zero-order chi connectivity index (χ0) is 18.1. The van der Waals surface area contributed by atoms with Crippen molar-refractivity contribution in [3.8, 4) is 0 Å². The van der Waals surface area contributed by atoms with Gasteiger partial charge in [0.15, 0.2) is 5.82 Å². The Kier molecular flexibility index (Phi) is 4.57. The maximum Gasteiger partial charge on any atom is 0.266 e. The molecule has 2 aromatic heterocycles. The zero-order valence-electron chi connectivity index (χ0n) is 14.0. The van der Waals surface area contributed by atoms with E-state index < -0.39 is 23.8 Å². The first-order valence-electron chi connectivity index (χ1n) is 7.81. The molecule has 0 fully saturated rings. The molecular weight excluding hydrogens is 329 g/mol. The fourth-order valence-corrected chi connectivity index (χ4v) is 2.74. The highest BCUT2D eigenvalue weighted by Gasteiger charge is 2.20. The second-order valence-corrected chi connectivity index (χ2v) is 5.92. The van der Waals surface area contributed by atoms with E-state index in [-0.39, 0.29) is 5.56 Å². The van der Waals surface area contributed by atoms with Gasteiger partial charge in [0.2, 0.25) is 0 Å². The van der Waals surface area contributed by atoms with Gasteiger partial charge in [-0.2, -0.15) is 5.10 Å². The molecule has 130 valence electrons. The molecule has 1 atom stereocenters. The van der Waals surface area contributed by atoms with E-state index in [0.29, 0.717) is 5.82 Å². The lowest BCUT2D eigenvalue weighted by Gasteiger charge is -2.18. The van der Waals surface area contributed by atoms with Crippen molar-refractivity contribution in [2.45, 2.75) is 33.2 Å².